The molecule has 0 aromatic heterocycles. The minimum atomic E-state index is 0.589. The summed E-state index contributed by atoms with van der Waals surface area (Å²) < 4.78 is 0. The molecule has 2 nitrogen and oxygen atoms in total. The number of nitrogens with two attached hydrogens (primary N) is 1. The van der Waals surface area contributed by atoms with Crippen LogP contribution in [0.5, 0.6) is 0 Å². The van der Waals surface area contributed by atoms with Gasteiger partial charge in [0.25, 0.3) is 0 Å². The molecule has 0 heterocycles. The average molecular weight is 200 g/mol. The van der Waals surface area contributed by atoms with Crippen LogP contribution in [0.3, 0.4) is 0 Å². The normalized spacial score (nSPS) is 13.9. The summed E-state index contributed by atoms with van der Waals surface area (Å²) in [4.78, 5) is 2.53. The molecule has 0 spiro atoms. The van der Waals surface area contributed by atoms with E-state index in [0.717, 1.165) is 19.0 Å². The number of hydrogen-bond donors (Lipinski definition) is 1. The largest absolute Gasteiger partial charge is 0.329 e. The molecular formula is C12H28N2. The van der Waals surface area contributed by atoms with E-state index in [-0.39, 0.29) is 0 Å². The van der Waals surface area contributed by atoms with E-state index >= 15 is 0 Å². The number of rotatable bonds is 8. The first-order valence-electron chi connectivity index (χ1n) is 6.09. The van der Waals surface area contributed by atoms with Crippen LogP contribution < -0.4 is 5.73 Å². The van der Waals surface area contributed by atoms with Crippen molar-refractivity contribution in [2.45, 2.75) is 53.0 Å². The molecule has 86 valence electrons. The molecule has 1 atom stereocenters. The summed E-state index contributed by atoms with van der Waals surface area (Å²) in [7, 11) is 0. The van der Waals surface area contributed by atoms with Crippen molar-refractivity contribution in [2.24, 2.45) is 11.7 Å². The molecule has 0 radical (unpaired) electrons. The molecule has 0 aromatic rings. The molecule has 0 aromatic carbocycles. The highest BCUT2D eigenvalue weighted by molar-refractivity contribution is 4.73. The highest BCUT2D eigenvalue weighted by Gasteiger charge is 2.15. The summed E-state index contributed by atoms with van der Waals surface area (Å²) in [6, 6.07) is 0.589. The van der Waals surface area contributed by atoms with Gasteiger partial charge in [0.1, 0.15) is 0 Å². The topological polar surface area (TPSA) is 29.3 Å². The lowest BCUT2D eigenvalue weighted by Gasteiger charge is -2.31. The smallest absolute Gasteiger partial charge is 0.0220 e. The van der Waals surface area contributed by atoms with Crippen molar-refractivity contribution >= 4 is 0 Å². The molecule has 0 aliphatic heterocycles. The molecule has 0 aliphatic carbocycles. The Morgan fingerprint density at radius 3 is 2.21 bits per heavy atom. The third-order valence-corrected chi connectivity index (χ3v) is 2.74. The van der Waals surface area contributed by atoms with E-state index in [1.807, 2.05) is 0 Å². The summed E-state index contributed by atoms with van der Waals surface area (Å²) in [5.41, 5.74) is 5.83. The maximum absolute atomic E-state index is 5.83. The predicted molar refractivity (Wildman–Crippen MR) is 64.5 cm³/mol. The molecule has 0 amide bonds. The molecule has 0 saturated heterocycles. The summed E-state index contributed by atoms with van der Waals surface area (Å²) in [6.07, 6.45) is 3.80. The van der Waals surface area contributed by atoms with Crippen molar-refractivity contribution < 1.29 is 0 Å². The maximum atomic E-state index is 5.83. The van der Waals surface area contributed by atoms with Gasteiger partial charge in [0, 0.05) is 12.6 Å². The van der Waals surface area contributed by atoms with Gasteiger partial charge in [-0.15, -0.1) is 0 Å². The minimum Gasteiger partial charge on any atom is -0.329 e. The van der Waals surface area contributed by atoms with Gasteiger partial charge in [0.05, 0.1) is 0 Å². The van der Waals surface area contributed by atoms with Crippen molar-refractivity contribution in [3.8, 4) is 0 Å². The van der Waals surface area contributed by atoms with Crippen LogP contribution >= 0.6 is 0 Å². The van der Waals surface area contributed by atoms with Crippen molar-refractivity contribution in [1.82, 2.24) is 4.90 Å². The number of hydrogen-bond acceptors (Lipinski definition) is 2. The molecular weight excluding hydrogens is 172 g/mol. The number of likely N-dealkylation sites (N-methyl/N-ethyl adjacent to an activating group) is 1. The molecule has 0 bridgehead atoms. The van der Waals surface area contributed by atoms with Crippen molar-refractivity contribution in [2.75, 3.05) is 19.6 Å². The average Bonchev–Trinajstić information content (AvgIpc) is 2.16. The second kappa shape index (κ2) is 8.25. The van der Waals surface area contributed by atoms with E-state index in [4.69, 9.17) is 5.73 Å². The zero-order valence-electron chi connectivity index (χ0n) is 10.4. The first-order valence-corrected chi connectivity index (χ1v) is 6.09. The van der Waals surface area contributed by atoms with Gasteiger partial charge in [0.15, 0.2) is 0 Å². The van der Waals surface area contributed by atoms with Crippen LogP contribution in [-0.4, -0.2) is 30.6 Å². The standard InChI is InChI=1S/C12H28N2/c1-5-7-8-14(6-2)12(10-13)9-11(3)4/h11-12H,5-10,13H2,1-4H3. The van der Waals surface area contributed by atoms with Crippen LogP contribution in [0.2, 0.25) is 0 Å². The molecule has 2 heteroatoms. The van der Waals surface area contributed by atoms with E-state index in [0.29, 0.717) is 6.04 Å². The highest BCUT2D eigenvalue weighted by atomic mass is 15.2. The lowest BCUT2D eigenvalue weighted by molar-refractivity contribution is 0.184. The van der Waals surface area contributed by atoms with Crippen molar-refractivity contribution in [3.63, 3.8) is 0 Å². The van der Waals surface area contributed by atoms with Gasteiger partial charge in [-0.1, -0.05) is 34.1 Å². The van der Waals surface area contributed by atoms with E-state index in [2.05, 4.69) is 32.6 Å². The Labute approximate surface area is 89.9 Å². The first kappa shape index (κ1) is 13.9. The van der Waals surface area contributed by atoms with Crippen LogP contribution in [0.4, 0.5) is 0 Å². The Hall–Kier alpha value is -0.0800. The SMILES string of the molecule is CCCCN(CC)C(CN)CC(C)C. The van der Waals surface area contributed by atoms with Gasteiger partial charge in [-0.2, -0.15) is 0 Å². The Kier molecular flexibility index (Phi) is 8.20. The summed E-state index contributed by atoms with van der Waals surface area (Å²) in [6.45, 7) is 12.2. The summed E-state index contributed by atoms with van der Waals surface area (Å²) >= 11 is 0. The van der Waals surface area contributed by atoms with Crippen LogP contribution in [0.15, 0.2) is 0 Å². The van der Waals surface area contributed by atoms with Crippen LogP contribution in [0.25, 0.3) is 0 Å². The van der Waals surface area contributed by atoms with Crippen molar-refractivity contribution in [1.29, 1.82) is 0 Å². The van der Waals surface area contributed by atoms with Crippen LogP contribution in [0.1, 0.15) is 47.0 Å². The molecule has 0 saturated carbocycles. The second-order valence-corrected chi connectivity index (χ2v) is 4.50. The fourth-order valence-corrected chi connectivity index (χ4v) is 1.90. The monoisotopic (exact) mass is 200 g/mol. The van der Waals surface area contributed by atoms with Gasteiger partial charge in [-0.05, 0) is 31.8 Å². The van der Waals surface area contributed by atoms with E-state index < -0.39 is 0 Å². The molecule has 1 unspecified atom stereocenters. The van der Waals surface area contributed by atoms with Gasteiger partial charge >= 0.3 is 0 Å². The fourth-order valence-electron chi connectivity index (χ4n) is 1.90. The highest BCUT2D eigenvalue weighted by Crippen LogP contribution is 2.11. The minimum absolute atomic E-state index is 0.589. The van der Waals surface area contributed by atoms with Gasteiger partial charge in [0.2, 0.25) is 0 Å². The van der Waals surface area contributed by atoms with Crippen molar-refractivity contribution in [3.05, 3.63) is 0 Å². The van der Waals surface area contributed by atoms with Gasteiger partial charge < -0.3 is 5.73 Å². The Morgan fingerprint density at radius 2 is 1.86 bits per heavy atom. The van der Waals surface area contributed by atoms with E-state index in [1.54, 1.807) is 0 Å². The first-order chi connectivity index (χ1) is 6.65. The second-order valence-electron chi connectivity index (χ2n) is 4.50. The molecule has 14 heavy (non-hydrogen) atoms. The third kappa shape index (κ3) is 5.61. The zero-order chi connectivity index (χ0) is 11.0. The van der Waals surface area contributed by atoms with Gasteiger partial charge in [-0.3, -0.25) is 4.90 Å². The Balaban J connectivity index is 4.00. The lowest BCUT2D eigenvalue weighted by Crippen LogP contribution is -2.41. The maximum Gasteiger partial charge on any atom is 0.0220 e. The summed E-state index contributed by atoms with van der Waals surface area (Å²) in [5, 5.41) is 0. The fraction of sp³-hybridized carbons (Fsp3) is 1.00. The predicted octanol–water partition coefficient (Wildman–Crippen LogP) is 2.48. The molecule has 0 fully saturated rings. The van der Waals surface area contributed by atoms with Gasteiger partial charge in [-0.25, -0.2) is 0 Å². The van der Waals surface area contributed by atoms with Crippen LogP contribution in [0, 0.1) is 5.92 Å². The van der Waals surface area contributed by atoms with E-state index in [9.17, 15) is 0 Å². The molecule has 0 rings (SSSR count). The number of unbranched alkanes of at least 4 members (excludes halogenated alkanes) is 1. The molecule has 2 N–H and O–H groups in total. The quantitative estimate of drug-likeness (QED) is 0.652. The lowest BCUT2D eigenvalue weighted by atomic mass is 10.0. The van der Waals surface area contributed by atoms with Crippen LogP contribution in [-0.2, 0) is 0 Å². The Morgan fingerprint density at radius 1 is 1.21 bits per heavy atom. The zero-order valence-corrected chi connectivity index (χ0v) is 10.4. The van der Waals surface area contributed by atoms with E-state index in [1.165, 1.54) is 25.8 Å². The third-order valence-electron chi connectivity index (χ3n) is 2.74. The summed E-state index contributed by atoms with van der Waals surface area (Å²) in [5.74, 6) is 0.749. The Bertz CT molecular complexity index is 123. The number of nitrogens with zero attached hydrogens (tertiary/aromatic N) is 1. The molecule has 0 aliphatic rings.